The van der Waals surface area contributed by atoms with Crippen LogP contribution in [0.25, 0.3) is 0 Å². The lowest BCUT2D eigenvalue weighted by Gasteiger charge is -2.17. The molecule has 0 fully saturated rings. The molecule has 0 saturated carbocycles. The molecule has 0 aliphatic heterocycles. The van der Waals surface area contributed by atoms with Gasteiger partial charge in [-0.2, -0.15) is 13.2 Å². The van der Waals surface area contributed by atoms with Crippen molar-refractivity contribution >= 4 is 17.3 Å². The number of rotatable bonds is 3. The van der Waals surface area contributed by atoms with Crippen LogP contribution < -0.4 is 5.32 Å². The molecule has 0 aromatic heterocycles. The van der Waals surface area contributed by atoms with E-state index in [0.717, 1.165) is 12.1 Å². The molecular formula is C15H12ClF4N. The van der Waals surface area contributed by atoms with Crippen molar-refractivity contribution in [2.24, 2.45) is 0 Å². The number of hydrogen-bond acceptors (Lipinski definition) is 1. The Bertz CT molecular complexity index is 623. The van der Waals surface area contributed by atoms with Crippen LogP contribution in [0.3, 0.4) is 0 Å². The van der Waals surface area contributed by atoms with Crippen LogP contribution in [-0.2, 0) is 6.18 Å². The Hall–Kier alpha value is -1.75. The van der Waals surface area contributed by atoms with E-state index in [2.05, 4.69) is 5.32 Å². The molecule has 1 atom stereocenters. The molecule has 0 aliphatic carbocycles. The van der Waals surface area contributed by atoms with Gasteiger partial charge in [0.25, 0.3) is 0 Å². The first-order chi connectivity index (χ1) is 9.77. The average molecular weight is 318 g/mol. The monoisotopic (exact) mass is 317 g/mol. The average Bonchev–Trinajstić information content (AvgIpc) is 2.42. The molecule has 1 unspecified atom stereocenters. The number of benzene rings is 2. The highest BCUT2D eigenvalue weighted by Crippen LogP contribution is 2.31. The molecule has 6 heteroatoms. The normalized spacial score (nSPS) is 13.0. The maximum Gasteiger partial charge on any atom is 0.416 e. The van der Waals surface area contributed by atoms with Gasteiger partial charge in [-0.05, 0) is 42.8 Å². The molecule has 0 bridgehead atoms. The Morgan fingerprint density at radius 1 is 1.05 bits per heavy atom. The van der Waals surface area contributed by atoms with Crippen molar-refractivity contribution in [2.45, 2.75) is 19.1 Å². The first kappa shape index (κ1) is 15.6. The highest BCUT2D eigenvalue weighted by atomic mass is 35.5. The van der Waals surface area contributed by atoms with E-state index in [1.807, 2.05) is 0 Å². The fraction of sp³-hybridized carbons (Fsp3) is 0.200. The molecule has 2 aromatic carbocycles. The van der Waals surface area contributed by atoms with Crippen molar-refractivity contribution in [3.63, 3.8) is 0 Å². The Labute approximate surface area is 124 Å². The van der Waals surface area contributed by atoms with E-state index in [-0.39, 0.29) is 6.04 Å². The number of alkyl halides is 3. The molecule has 2 rings (SSSR count). The van der Waals surface area contributed by atoms with Crippen LogP contribution in [0, 0.1) is 5.82 Å². The molecule has 0 heterocycles. The Morgan fingerprint density at radius 2 is 1.67 bits per heavy atom. The summed E-state index contributed by atoms with van der Waals surface area (Å²) < 4.78 is 50.6. The number of hydrogen-bond donors (Lipinski definition) is 1. The third-order valence-electron chi connectivity index (χ3n) is 3.04. The topological polar surface area (TPSA) is 12.0 Å². The first-order valence-corrected chi connectivity index (χ1v) is 6.54. The summed E-state index contributed by atoms with van der Waals surface area (Å²) in [6.45, 7) is 1.75. The highest BCUT2D eigenvalue weighted by Gasteiger charge is 2.30. The summed E-state index contributed by atoms with van der Waals surface area (Å²) in [5, 5.41) is 3.32. The third-order valence-corrected chi connectivity index (χ3v) is 3.37. The second-order valence-corrected chi connectivity index (χ2v) is 5.02. The first-order valence-electron chi connectivity index (χ1n) is 6.16. The van der Waals surface area contributed by atoms with Gasteiger partial charge in [0.1, 0.15) is 5.82 Å². The Morgan fingerprint density at radius 3 is 2.24 bits per heavy atom. The van der Waals surface area contributed by atoms with Gasteiger partial charge in [0, 0.05) is 6.04 Å². The lowest BCUT2D eigenvalue weighted by Crippen LogP contribution is -2.09. The van der Waals surface area contributed by atoms with E-state index >= 15 is 0 Å². The van der Waals surface area contributed by atoms with E-state index in [4.69, 9.17) is 11.6 Å². The summed E-state index contributed by atoms with van der Waals surface area (Å²) in [5.41, 5.74) is 0.328. The zero-order valence-corrected chi connectivity index (χ0v) is 11.8. The summed E-state index contributed by atoms with van der Waals surface area (Å²) in [6, 6.07) is 8.37. The summed E-state index contributed by atoms with van der Waals surface area (Å²) in [5.74, 6) is -0.443. The molecule has 112 valence electrons. The van der Waals surface area contributed by atoms with E-state index in [1.165, 1.54) is 30.3 Å². The van der Waals surface area contributed by atoms with Crippen LogP contribution in [0.5, 0.6) is 0 Å². The number of halogens is 5. The van der Waals surface area contributed by atoms with Gasteiger partial charge in [0.05, 0.1) is 16.3 Å². The molecule has 2 aromatic rings. The van der Waals surface area contributed by atoms with Crippen LogP contribution >= 0.6 is 11.6 Å². The fourth-order valence-corrected chi connectivity index (χ4v) is 2.06. The van der Waals surface area contributed by atoms with Gasteiger partial charge in [-0.25, -0.2) is 4.39 Å². The van der Waals surface area contributed by atoms with E-state index in [1.54, 1.807) is 6.92 Å². The maximum atomic E-state index is 13.2. The quantitative estimate of drug-likeness (QED) is 0.719. The second kappa shape index (κ2) is 5.93. The minimum absolute atomic E-state index is 0.313. The third kappa shape index (κ3) is 3.88. The van der Waals surface area contributed by atoms with Crippen LogP contribution in [0.15, 0.2) is 42.5 Å². The fourth-order valence-electron chi connectivity index (χ4n) is 1.89. The van der Waals surface area contributed by atoms with Gasteiger partial charge in [-0.15, -0.1) is 0 Å². The zero-order valence-electron chi connectivity index (χ0n) is 11.0. The maximum absolute atomic E-state index is 13.2. The molecule has 0 radical (unpaired) electrons. The highest BCUT2D eigenvalue weighted by molar-refractivity contribution is 6.33. The Balaban J connectivity index is 2.17. The van der Waals surface area contributed by atoms with E-state index < -0.39 is 17.6 Å². The summed E-state index contributed by atoms with van der Waals surface area (Å²) in [6.07, 6.45) is -4.36. The van der Waals surface area contributed by atoms with Gasteiger partial charge in [-0.3, -0.25) is 0 Å². The Kier molecular flexibility index (Phi) is 4.42. The second-order valence-electron chi connectivity index (χ2n) is 4.61. The van der Waals surface area contributed by atoms with Gasteiger partial charge < -0.3 is 5.32 Å². The van der Waals surface area contributed by atoms with Crippen molar-refractivity contribution in [1.82, 2.24) is 0 Å². The lowest BCUT2D eigenvalue weighted by atomic mass is 10.1. The lowest BCUT2D eigenvalue weighted by molar-refractivity contribution is -0.137. The largest absolute Gasteiger partial charge is 0.416 e. The summed E-state index contributed by atoms with van der Waals surface area (Å²) in [7, 11) is 0. The number of nitrogens with one attached hydrogen (secondary N) is 1. The molecule has 0 saturated heterocycles. The summed E-state index contributed by atoms with van der Waals surface area (Å²) in [4.78, 5) is 0. The summed E-state index contributed by atoms with van der Waals surface area (Å²) >= 11 is 5.93. The van der Waals surface area contributed by atoms with E-state index in [0.29, 0.717) is 16.3 Å². The standard InChI is InChI=1S/C15H12ClF4N/c1-9(21-14-8-12(17)6-7-13(14)16)10-2-4-11(5-3-10)15(18,19)20/h2-9,21H,1H3. The van der Waals surface area contributed by atoms with Crippen LogP contribution in [-0.4, -0.2) is 0 Å². The molecular weight excluding hydrogens is 306 g/mol. The zero-order chi connectivity index (χ0) is 15.6. The molecule has 21 heavy (non-hydrogen) atoms. The molecule has 0 amide bonds. The number of anilines is 1. The molecule has 1 nitrogen and oxygen atoms in total. The molecule has 0 spiro atoms. The van der Waals surface area contributed by atoms with E-state index in [9.17, 15) is 17.6 Å². The van der Waals surface area contributed by atoms with Crippen LogP contribution in [0.1, 0.15) is 24.1 Å². The predicted molar refractivity (Wildman–Crippen MR) is 74.9 cm³/mol. The predicted octanol–water partition coefficient (Wildman–Crippen LogP) is 5.67. The van der Waals surface area contributed by atoms with Gasteiger partial charge >= 0.3 is 6.18 Å². The molecule has 1 N–H and O–H groups in total. The van der Waals surface area contributed by atoms with Crippen molar-refractivity contribution < 1.29 is 17.6 Å². The minimum Gasteiger partial charge on any atom is -0.377 e. The SMILES string of the molecule is CC(Nc1cc(F)ccc1Cl)c1ccc(C(F)(F)F)cc1. The smallest absolute Gasteiger partial charge is 0.377 e. The van der Waals surface area contributed by atoms with Crippen LogP contribution in [0.2, 0.25) is 5.02 Å². The van der Waals surface area contributed by atoms with Crippen molar-refractivity contribution in [2.75, 3.05) is 5.32 Å². The van der Waals surface area contributed by atoms with Crippen molar-refractivity contribution in [3.05, 3.63) is 64.4 Å². The van der Waals surface area contributed by atoms with Gasteiger partial charge in [0.15, 0.2) is 0 Å². The minimum atomic E-state index is -4.36. The van der Waals surface area contributed by atoms with Crippen molar-refractivity contribution in [1.29, 1.82) is 0 Å². The van der Waals surface area contributed by atoms with Crippen molar-refractivity contribution in [3.8, 4) is 0 Å². The van der Waals surface area contributed by atoms with Gasteiger partial charge in [-0.1, -0.05) is 23.7 Å². The van der Waals surface area contributed by atoms with Crippen LogP contribution in [0.4, 0.5) is 23.2 Å². The van der Waals surface area contributed by atoms with Gasteiger partial charge in [0.2, 0.25) is 0 Å². The molecule has 0 aliphatic rings.